The van der Waals surface area contributed by atoms with Gasteiger partial charge in [-0.25, -0.2) is 17.2 Å². The van der Waals surface area contributed by atoms with Crippen LogP contribution >= 0.6 is 0 Å². The summed E-state index contributed by atoms with van der Waals surface area (Å²) in [4.78, 5) is -0.685. The topological polar surface area (TPSA) is 96.0 Å². The molecule has 106 valence electrons. The maximum absolute atomic E-state index is 13.5. The fraction of sp³-hybridized carbons (Fsp3) is 0.364. The van der Waals surface area contributed by atoms with E-state index in [9.17, 15) is 17.2 Å². The lowest BCUT2D eigenvalue weighted by atomic mass is 10.00. The molecule has 19 heavy (non-hydrogen) atoms. The largest absolute Gasteiger partial charge is 0.386 e. The quantitative estimate of drug-likeness (QED) is 0.564. The van der Waals surface area contributed by atoms with E-state index in [4.69, 9.17) is 11.1 Å². The van der Waals surface area contributed by atoms with Crippen molar-refractivity contribution in [3.05, 3.63) is 29.8 Å². The zero-order chi connectivity index (χ0) is 14.8. The second-order valence-corrected chi connectivity index (χ2v) is 5.93. The van der Waals surface area contributed by atoms with Crippen molar-refractivity contribution in [2.24, 2.45) is 5.73 Å². The molecule has 0 aliphatic rings. The van der Waals surface area contributed by atoms with Gasteiger partial charge in [0.25, 0.3) is 0 Å². The molecule has 1 unspecified atom stereocenters. The number of rotatable bonds is 5. The summed E-state index contributed by atoms with van der Waals surface area (Å²) in [6, 6.07) is 2.14. The Morgan fingerprint density at radius 3 is 2.47 bits per heavy atom. The highest BCUT2D eigenvalue weighted by Gasteiger charge is 2.33. The zero-order valence-corrected chi connectivity index (χ0v) is 11.3. The predicted molar refractivity (Wildman–Crippen MR) is 67.3 cm³/mol. The number of sulfonamides is 1. The van der Waals surface area contributed by atoms with E-state index < -0.39 is 32.1 Å². The Labute approximate surface area is 110 Å². The van der Waals surface area contributed by atoms with Gasteiger partial charge < -0.3 is 5.73 Å². The maximum Gasteiger partial charge on any atom is 0.244 e. The monoisotopic (exact) mass is 291 g/mol. The average Bonchev–Trinajstić information content (AvgIpc) is 2.27. The first kappa shape index (κ1) is 15.5. The van der Waals surface area contributed by atoms with E-state index >= 15 is 0 Å². The fourth-order valence-electron chi connectivity index (χ4n) is 1.36. The third-order valence-electron chi connectivity index (χ3n) is 2.84. The van der Waals surface area contributed by atoms with E-state index in [1.54, 1.807) is 6.92 Å². The molecule has 1 aromatic rings. The van der Waals surface area contributed by atoms with E-state index in [0.717, 1.165) is 12.1 Å². The summed E-state index contributed by atoms with van der Waals surface area (Å²) >= 11 is 0. The minimum absolute atomic E-state index is 0.213. The summed E-state index contributed by atoms with van der Waals surface area (Å²) in [5, 5.41) is 7.38. The summed E-state index contributed by atoms with van der Waals surface area (Å²) < 4.78 is 52.4. The van der Waals surface area contributed by atoms with Crippen LogP contribution in [0.2, 0.25) is 0 Å². The highest BCUT2D eigenvalue weighted by molar-refractivity contribution is 7.89. The first-order chi connectivity index (χ1) is 8.62. The Morgan fingerprint density at radius 2 is 2.05 bits per heavy atom. The van der Waals surface area contributed by atoms with Crippen LogP contribution < -0.4 is 10.5 Å². The van der Waals surface area contributed by atoms with Crippen LogP contribution in [0.3, 0.4) is 0 Å². The number of nitrogens with one attached hydrogen (secondary N) is 2. The highest BCUT2D eigenvalue weighted by atomic mass is 32.2. The minimum atomic E-state index is -4.23. The first-order valence-corrected chi connectivity index (χ1v) is 6.94. The molecule has 0 spiro atoms. The smallest absolute Gasteiger partial charge is 0.244 e. The Bertz CT molecular complexity index is 604. The molecule has 0 aliphatic carbocycles. The SMILES string of the molecule is CCC(C)(NS(=O)(=O)c1ccc(F)cc1F)C(=N)N. The number of benzene rings is 1. The average molecular weight is 291 g/mol. The molecule has 0 aliphatic heterocycles. The van der Waals surface area contributed by atoms with Crippen molar-refractivity contribution in [1.29, 1.82) is 5.41 Å². The minimum Gasteiger partial charge on any atom is -0.386 e. The van der Waals surface area contributed by atoms with Gasteiger partial charge in [-0.1, -0.05) is 6.92 Å². The van der Waals surface area contributed by atoms with Gasteiger partial charge in [-0.15, -0.1) is 0 Å². The standard InChI is InChI=1S/C11H15F2N3O2S/c1-3-11(2,10(14)15)16-19(17,18)9-5-4-7(12)6-8(9)13/h4-6,16H,3H2,1-2H3,(H3,14,15). The second kappa shape index (κ2) is 5.22. The maximum atomic E-state index is 13.5. The summed E-state index contributed by atoms with van der Waals surface area (Å²) in [6.45, 7) is 3.04. The van der Waals surface area contributed by atoms with Gasteiger partial charge in [-0.3, -0.25) is 5.41 Å². The second-order valence-electron chi connectivity index (χ2n) is 4.28. The van der Waals surface area contributed by atoms with Crippen LogP contribution in [0.25, 0.3) is 0 Å². The number of amidine groups is 1. The molecule has 0 amide bonds. The van der Waals surface area contributed by atoms with Crippen molar-refractivity contribution in [2.45, 2.75) is 30.7 Å². The van der Waals surface area contributed by atoms with E-state index in [1.165, 1.54) is 6.92 Å². The molecule has 5 nitrogen and oxygen atoms in total. The molecular formula is C11H15F2N3O2S. The molecule has 0 heterocycles. The van der Waals surface area contributed by atoms with Gasteiger partial charge >= 0.3 is 0 Å². The van der Waals surface area contributed by atoms with Gasteiger partial charge in [0, 0.05) is 6.07 Å². The summed E-state index contributed by atoms with van der Waals surface area (Å²) in [5.74, 6) is -2.46. The molecule has 1 atom stereocenters. The lowest BCUT2D eigenvalue weighted by Crippen LogP contribution is -2.54. The molecule has 1 rings (SSSR count). The van der Waals surface area contributed by atoms with Crippen LogP contribution in [0.5, 0.6) is 0 Å². The number of halogens is 2. The highest BCUT2D eigenvalue weighted by Crippen LogP contribution is 2.19. The molecule has 0 aromatic heterocycles. The van der Waals surface area contributed by atoms with Crippen molar-refractivity contribution in [3.8, 4) is 0 Å². The molecular weight excluding hydrogens is 276 g/mol. The molecule has 8 heteroatoms. The lowest BCUT2D eigenvalue weighted by Gasteiger charge is -2.27. The molecule has 1 aromatic carbocycles. The van der Waals surface area contributed by atoms with Gasteiger partial charge in [0.15, 0.2) is 0 Å². The van der Waals surface area contributed by atoms with Crippen molar-refractivity contribution >= 4 is 15.9 Å². The van der Waals surface area contributed by atoms with Gasteiger partial charge in [0.2, 0.25) is 10.0 Å². The third-order valence-corrected chi connectivity index (χ3v) is 4.47. The number of hydrogen-bond acceptors (Lipinski definition) is 3. The molecule has 0 saturated carbocycles. The Kier molecular flexibility index (Phi) is 4.26. The van der Waals surface area contributed by atoms with E-state index in [1.807, 2.05) is 0 Å². The predicted octanol–water partition coefficient (Wildman–Crippen LogP) is 1.35. The van der Waals surface area contributed by atoms with Crippen molar-refractivity contribution in [2.75, 3.05) is 0 Å². The van der Waals surface area contributed by atoms with E-state index in [-0.39, 0.29) is 12.3 Å². The Morgan fingerprint density at radius 1 is 1.47 bits per heavy atom. The summed E-state index contributed by atoms with van der Waals surface area (Å²) in [7, 11) is -4.23. The van der Waals surface area contributed by atoms with Crippen molar-refractivity contribution in [1.82, 2.24) is 4.72 Å². The molecule has 0 fully saturated rings. The van der Waals surface area contributed by atoms with E-state index in [0.29, 0.717) is 6.07 Å². The molecule has 0 radical (unpaired) electrons. The number of nitrogens with two attached hydrogens (primary N) is 1. The van der Waals surface area contributed by atoms with E-state index in [2.05, 4.69) is 4.72 Å². The summed E-state index contributed by atoms with van der Waals surface area (Å²) in [5.41, 5.74) is 4.01. The normalized spacial score (nSPS) is 14.9. The first-order valence-electron chi connectivity index (χ1n) is 5.46. The van der Waals surface area contributed by atoms with Crippen LogP contribution in [0, 0.1) is 17.0 Å². The van der Waals surface area contributed by atoms with Crippen LogP contribution in [0.15, 0.2) is 23.1 Å². The molecule has 4 N–H and O–H groups in total. The molecule has 0 saturated heterocycles. The Balaban J connectivity index is 3.22. The van der Waals surface area contributed by atoms with Crippen LogP contribution in [-0.4, -0.2) is 19.8 Å². The van der Waals surface area contributed by atoms with Gasteiger partial charge in [0.1, 0.15) is 22.4 Å². The Hall–Kier alpha value is -1.54. The van der Waals surface area contributed by atoms with Crippen molar-refractivity contribution in [3.63, 3.8) is 0 Å². The summed E-state index contributed by atoms with van der Waals surface area (Å²) in [6.07, 6.45) is 0.213. The van der Waals surface area contributed by atoms with Gasteiger partial charge in [-0.2, -0.15) is 4.72 Å². The number of hydrogen-bond donors (Lipinski definition) is 3. The van der Waals surface area contributed by atoms with Crippen LogP contribution in [0.4, 0.5) is 8.78 Å². The third kappa shape index (κ3) is 3.27. The van der Waals surface area contributed by atoms with Gasteiger partial charge in [0.05, 0.1) is 5.54 Å². The van der Waals surface area contributed by atoms with Crippen LogP contribution in [-0.2, 0) is 10.0 Å². The zero-order valence-electron chi connectivity index (χ0n) is 10.5. The fourth-order valence-corrected chi connectivity index (χ4v) is 2.88. The van der Waals surface area contributed by atoms with Crippen LogP contribution in [0.1, 0.15) is 20.3 Å². The molecule has 0 bridgehead atoms. The lowest BCUT2D eigenvalue weighted by molar-refractivity contribution is 0.497. The van der Waals surface area contributed by atoms with Crippen molar-refractivity contribution < 1.29 is 17.2 Å². The van der Waals surface area contributed by atoms with Gasteiger partial charge in [-0.05, 0) is 25.5 Å².